The number of nitrogen functional groups attached to an aromatic ring is 1. The molecule has 4 N–H and O–H groups in total. The SMILES string of the molecule is Cc1noc(N)c1C(=O)OCC(=O)Nc1ccccc1C(=O)NC1CC1. The molecule has 0 saturated heterocycles. The molecule has 0 radical (unpaired) electrons. The van der Waals surface area contributed by atoms with E-state index >= 15 is 0 Å². The first kappa shape index (κ1) is 17.5. The van der Waals surface area contributed by atoms with Crippen molar-refractivity contribution < 1.29 is 23.6 Å². The van der Waals surface area contributed by atoms with Crippen LogP contribution >= 0.6 is 0 Å². The van der Waals surface area contributed by atoms with Gasteiger partial charge in [-0.15, -0.1) is 0 Å². The Labute approximate surface area is 148 Å². The number of amides is 2. The number of rotatable bonds is 6. The van der Waals surface area contributed by atoms with Crippen molar-refractivity contribution in [1.82, 2.24) is 10.5 Å². The number of hydrogen-bond acceptors (Lipinski definition) is 7. The zero-order valence-electron chi connectivity index (χ0n) is 14.1. The second-order valence-electron chi connectivity index (χ2n) is 5.92. The van der Waals surface area contributed by atoms with Crippen molar-refractivity contribution in [3.05, 3.63) is 41.1 Å². The molecule has 2 aromatic rings. The minimum absolute atomic E-state index is 0.0120. The van der Waals surface area contributed by atoms with Gasteiger partial charge >= 0.3 is 5.97 Å². The van der Waals surface area contributed by atoms with Gasteiger partial charge in [-0.05, 0) is 31.9 Å². The number of nitrogens with two attached hydrogens (primary N) is 1. The Bertz CT molecular complexity index is 837. The van der Waals surface area contributed by atoms with Gasteiger partial charge < -0.3 is 25.6 Å². The van der Waals surface area contributed by atoms with Crippen LogP contribution in [0.3, 0.4) is 0 Å². The van der Waals surface area contributed by atoms with Crippen molar-refractivity contribution in [2.45, 2.75) is 25.8 Å². The van der Waals surface area contributed by atoms with Gasteiger partial charge in [0.15, 0.2) is 6.61 Å². The monoisotopic (exact) mass is 358 g/mol. The van der Waals surface area contributed by atoms with E-state index in [1.54, 1.807) is 24.3 Å². The minimum atomic E-state index is -0.809. The molecule has 1 aromatic carbocycles. The van der Waals surface area contributed by atoms with Crippen LogP contribution in [-0.4, -0.2) is 35.6 Å². The van der Waals surface area contributed by atoms with Crippen molar-refractivity contribution in [3.63, 3.8) is 0 Å². The molecule has 1 saturated carbocycles. The van der Waals surface area contributed by atoms with E-state index in [-0.39, 0.29) is 29.1 Å². The van der Waals surface area contributed by atoms with Gasteiger partial charge in [0, 0.05) is 6.04 Å². The average molecular weight is 358 g/mol. The number of benzene rings is 1. The fourth-order valence-corrected chi connectivity index (χ4v) is 2.31. The number of carbonyl (C=O) groups excluding carboxylic acids is 3. The lowest BCUT2D eigenvalue weighted by Gasteiger charge is -2.11. The second kappa shape index (κ2) is 7.26. The molecule has 9 nitrogen and oxygen atoms in total. The highest BCUT2D eigenvalue weighted by Gasteiger charge is 2.25. The van der Waals surface area contributed by atoms with E-state index in [1.807, 2.05) is 0 Å². The maximum absolute atomic E-state index is 12.2. The molecule has 1 heterocycles. The number of aromatic nitrogens is 1. The Morgan fingerprint density at radius 2 is 2.04 bits per heavy atom. The van der Waals surface area contributed by atoms with Gasteiger partial charge in [0.05, 0.1) is 16.9 Å². The highest BCUT2D eigenvalue weighted by molar-refractivity contribution is 6.04. The van der Waals surface area contributed by atoms with E-state index < -0.39 is 18.5 Å². The van der Waals surface area contributed by atoms with Gasteiger partial charge in [0.25, 0.3) is 11.8 Å². The first-order valence-corrected chi connectivity index (χ1v) is 8.04. The van der Waals surface area contributed by atoms with E-state index in [9.17, 15) is 14.4 Å². The number of anilines is 2. The topological polar surface area (TPSA) is 137 Å². The van der Waals surface area contributed by atoms with Crippen molar-refractivity contribution >= 4 is 29.4 Å². The third-order valence-corrected chi connectivity index (χ3v) is 3.79. The van der Waals surface area contributed by atoms with E-state index in [4.69, 9.17) is 10.5 Å². The van der Waals surface area contributed by atoms with Gasteiger partial charge in [-0.3, -0.25) is 9.59 Å². The maximum Gasteiger partial charge on any atom is 0.346 e. The molecule has 9 heteroatoms. The zero-order chi connectivity index (χ0) is 18.7. The highest BCUT2D eigenvalue weighted by atomic mass is 16.5. The molecule has 136 valence electrons. The van der Waals surface area contributed by atoms with Gasteiger partial charge in [0.2, 0.25) is 5.88 Å². The lowest BCUT2D eigenvalue weighted by Crippen LogP contribution is -2.28. The molecule has 0 unspecified atom stereocenters. The third-order valence-electron chi connectivity index (χ3n) is 3.79. The van der Waals surface area contributed by atoms with Crippen molar-refractivity contribution in [1.29, 1.82) is 0 Å². The molecule has 2 amide bonds. The van der Waals surface area contributed by atoms with E-state index in [0.717, 1.165) is 12.8 Å². The highest BCUT2D eigenvalue weighted by Crippen LogP contribution is 2.21. The van der Waals surface area contributed by atoms with Crippen LogP contribution in [-0.2, 0) is 9.53 Å². The number of carbonyl (C=O) groups is 3. The Balaban J connectivity index is 1.60. The Kier molecular flexibility index (Phi) is 4.87. The van der Waals surface area contributed by atoms with Crippen LogP contribution in [0, 0.1) is 6.92 Å². The van der Waals surface area contributed by atoms with Crippen LogP contribution in [0.15, 0.2) is 28.8 Å². The quantitative estimate of drug-likeness (QED) is 0.661. The molecule has 1 aliphatic carbocycles. The predicted molar refractivity (Wildman–Crippen MR) is 91.5 cm³/mol. The lowest BCUT2D eigenvalue weighted by atomic mass is 10.1. The second-order valence-corrected chi connectivity index (χ2v) is 5.92. The van der Waals surface area contributed by atoms with E-state index in [1.165, 1.54) is 6.92 Å². The molecule has 0 spiro atoms. The van der Waals surface area contributed by atoms with Gasteiger partial charge in [-0.1, -0.05) is 17.3 Å². The van der Waals surface area contributed by atoms with E-state index in [0.29, 0.717) is 11.3 Å². The molecule has 3 rings (SSSR count). The van der Waals surface area contributed by atoms with Crippen molar-refractivity contribution in [2.75, 3.05) is 17.7 Å². The molecular formula is C17H18N4O5. The average Bonchev–Trinajstić information content (AvgIpc) is 3.36. The first-order valence-electron chi connectivity index (χ1n) is 8.04. The Morgan fingerprint density at radius 3 is 2.69 bits per heavy atom. The fourth-order valence-electron chi connectivity index (χ4n) is 2.31. The molecule has 0 aliphatic heterocycles. The standard InChI is InChI=1S/C17H18N4O5/c1-9-14(15(18)26-21-9)17(24)25-8-13(22)20-12-5-3-2-4-11(12)16(23)19-10-6-7-10/h2-5,10H,6-8,18H2,1H3,(H,19,23)(H,20,22). The summed E-state index contributed by atoms with van der Waals surface area (Å²) in [5, 5.41) is 8.97. The lowest BCUT2D eigenvalue weighted by molar-refractivity contribution is -0.119. The summed E-state index contributed by atoms with van der Waals surface area (Å²) in [5.74, 6) is -1.82. The Morgan fingerprint density at radius 1 is 1.31 bits per heavy atom. The number of esters is 1. The summed E-state index contributed by atoms with van der Waals surface area (Å²) in [6, 6.07) is 6.81. The largest absolute Gasteiger partial charge is 0.452 e. The zero-order valence-corrected chi connectivity index (χ0v) is 14.1. The third kappa shape index (κ3) is 4.00. The Hall–Kier alpha value is -3.36. The number of ether oxygens (including phenoxy) is 1. The van der Waals surface area contributed by atoms with E-state index in [2.05, 4.69) is 20.3 Å². The van der Waals surface area contributed by atoms with Crippen LogP contribution in [0.1, 0.15) is 39.3 Å². The van der Waals surface area contributed by atoms with Crippen LogP contribution in [0.2, 0.25) is 0 Å². The summed E-state index contributed by atoms with van der Waals surface area (Å²) in [4.78, 5) is 36.3. The molecule has 1 fully saturated rings. The molecule has 1 aliphatic rings. The van der Waals surface area contributed by atoms with Gasteiger partial charge in [-0.2, -0.15) is 0 Å². The van der Waals surface area contributed by atoms with Crippen LogP contribution in [0.4, 0.5) is 11.6 Å². The number of nitrogens with one attached hydrogen (secondary N) is 2. The number of nitrogens with zero attached hydrogens (tertiary/aromatic N) is 1. The van der Waals surface area contributed by atoms with Gasteiger partial charge in [-0.25, -0.2) is 4.79 Å². The fraction of sp³-hybridized carbons (Fsp3) is 0.294. The summed E-state index contributed by atoms with van der Waals surface area (Å²) < 4.78 is 9.61. The molecule has 0 bridgehead atoms. The predicted octanol–water partition coefficient (Wildman–Crippen LogP) is 1.25. The van der Waals surface area contributed by atoms with Gasteiger partial charge in [0.1, 0.15) is 5.56 Å². The molecule has 26 heavy (non-hydrogen) atoms. The summed E-state index contributed by atoms with van der Waals surface area (Å²) in [6.07, 6.45) is 1.92. The number of para-hydroxylation sites is 1. The first-order chi connectivity index (χ1) is 12.5. The molecule has 0 atom stereocenters. The number of hydrogen-bond donors (Lipinski definition) is 3. The molecular weight excluding hydrogens is 340 g/mol. The van der Waals surface area contributed by atoms with Crippen molar-refractivity contribution in [3.8, 4) is 0 Å². The maximum atomic E-state index is 12.2. The summed E-state index contributed by atoms with van der Waals surface area (Å²) >= 11 is 0. The van der Waals surface area contributed by atoms with Crippen LogP contribution < -0.4 is 16.4 Å². The summed E-state index contributed by atoms with van der Waals surface area (Å²) in [6.45, 7) is 0.993. The van der Waals surface area contributed by atoms with Crippen LogP contribution in [0.25, 0.3) is 0 Å². The summed E-state index contributed by atoms with van der Waals surface area (Å²) in [7, 11) is 0. The minimum Gasteiger partial charge on any atom is -0.452 e. The normalized spacial score (nSPS) is 13.1. The molecule has 1 aromatic heterocycles. The summed E-state index contributed by atoms with van der Waals surface area (Å²) in [5.41, 5.74) is 6.44. The number of aryl methyl sites for hydroxylation is 1. The van der Waals surface area contributed by atoms with Crippen molar-refractivity contribution in [2.24, 2.45) is 0 Å². The van der Waals surface area contributed by atoms with Crippen LogP contribution in [0.5, 0.6) is 0 Å². The smallest absolute Gasteiger partial charge is 0.346 e.